The number of carbonyl (C=O) groups is 1. The van der Waals surface area contributed by atoms with Gasteiger partial charge in [0.15, 0.2) is 5.75 Å². The van der Waals surface area contributed by atoms with E-state index in [0.717, 1.165) is 12.5 Å². The molecule has 0 aliphatic carbocycles. The number of nitrogens with one attached hydrogen (secondary N) is 1. The van der Waals surface area contributed by atoms with Crippen molar-refractivity contribution in [3.05, 3.63) is 0 Å². The Morgan fingerprint density at radius 3 is 1.86 bits per heavy atom. The third kappa shape index (κ3) is 39.0. The Morgan fingerprint density at radius 1 is 1.14 bits per heavy atom. The average molecular weight is 543 g/mol. The molecule has 16 heteroatoms. The molecule has 0 aromatic heterocycles. The zero-order valence-corrected chi connectivity index (χ0v) is 20.9. The maximum atomic E-state index is 11.3. The van der Waals surface area contributed by atoms with Crippen molar-refractivity contribution < 1.29 is 31.2 Å². The maximum Gasteiger partial charge on any atom is 0.350 e. The number of sulfonamides is 1. The van der Waals surface area contributed by atoms with Gasteiger partial charge in [-0.15, -0.1) is 35.6 Å². The van der Waals surface area contributed by atoms with Crippen LogP contribution in [0, 0.1) is 0 Å². The molecule has 10 nitrogen and oxygen atoms in total. The molecule has 0 aliphatic rings. The second-order valence-corrected chi connectivity index (χ2v) is 10.4. The summed E-state index contributed by atoms with van der Waals surface area (Å²) in [6.45, 7) is 5.98. The molecule has 0 fully saturated rings. The molecular weight excluding hydrogens is 516 g/mol. The lowest BCUT2D eigenvalue weighted by atomic mass is 10.2. The number of rotatable bonds is 9. The molecule has 3 N–H and O–H groups in total. The highest BCUT2D eigenvalue weighted by atomic mass is 35.7. The van der Waals surface area contributed by atoms with E-state index in [-0.39, 0.29) is 19.0 Å². The summed E-state index contributed by atoms with van der Waals surface area (Å²) in [5.41, 5.74) is 4.38. The number of nitrogens with zero attached hydrogens (tertiary/aromatic N) is 1. The molecule has 0 spiro atoms. The Balaban J connectivity index is -0.000000199. The van der Waals surface area contributed by atoms with Crippen LogP contribution in [-0.2, 0) is 33.6 Å². The summed E-state index contributed by atoms with van der Waals surface area (Å²) >= 11 is 10.6. The zero-order chi connectivity index (χ0) is 22.9. The lowest BCUT2D eigenvalue weighted by molar-refractivity contribution is -0.151. The van der Waals surface area contributed by atoms with Gasteiger partial charge in [-0.2, -0.15) is 8.42 Å². The van der Waals surface area contributed by atoms with Crippen molar-refractivity contribution in [3.63, 3.8) is 0 Å². The number of halogens is 4. The van der Waals surface area contributed by atoms with E-state index in [4.69, 9.17) is 38.5 Å². The van der Waals surface area contributed by atoms with E-state index in [0.29, 0.717) is 24.7 Å². The maximum absolute atomic E-state index is 11.3. The Labute approximate surface area is 192 Å². The second-order valence-electron chi connectivity index (χ2n) is 5.71. The van der Waals surface area contributed by atoms with Gasteiger partial charge in [0, 0.05) is 29.0 Å². The highest BCUT2D eigenvalue weighted by Crippen LogP contribution is 2.07. The summed E-state index contributed by atoms with van der Waals surface area (Å²) in [5, 5.41) is 0. The molecular formula is C13H27Cl4N3O7S2. The first-order valence-corrected chi connectivity index (χ1v) is 12.7. The van der Waals surface area contributed by atoms with E-state index in [1.807, 2.05) is 0 Å². The molecule has 0 aromatic rings. The lowest BCUT2D eigenvalue weighted by Crippen LogP contribution is -2.34. The topological polar surface area (TPSA) is 162 Å². The van der Waals surface area contributed by atoms with Crippen LogP contribution in [0.5, 0.6) is 0 Å². The highest BCUT2D eigenvalue weighted by Gasteiger charge is 2.22. The Morgan fingerprint density at radius 2 is 1.62 bits per heavy atom. The number of hydrogen-bond acceptors (Lipinski definition) is 8. The van der Waals surface area contributed by atoms with Gasteiger partial charge in [-0.05, 0) is 40.2 Å². The number of alkyl halides is 2. The van der Waals surface area contributed by atoms with E-state index in [2.05, 4.69) is 19.8 Å². The number of hydrogen-bond donors (Lipinski definition) is 2. The highest BCUT2D eigenvalue weighted by molar-refractivity contribution is 8.12. The normalized spacial score (nSPS) is 10.7. The smallest absolute Gasteiger partial charge is 0.350 e. The molecule has 176 valence electrons. The van der Waals surface area contributed by atoms with E-state index in [1.165, 1.54) is 0 Å². The molecule has 0 aliphatic heterocycles. The van der Waals surface area contributed by atoms with Crippen molar-refractivity contribution in [3.8, 4) is 0 Å². The summed E-state index contributed by atoms with van der Waals surface area (Å²) in [7, 11) is -3.23. The van der Waals surface area contributed by atoms with Gasteiger partial charge in [0.1, 0.15) is 5.60 Å². The van der Waals surface area contributed by atoms with Gasteiger partial charge in [0.2, 0.25) is 10.0 Å². The van der Waals surface area contributed by atoms with Crippen molar-refractivity contribution >= 4 is 77.6 Å². The van der Waals surface area contributed by atoms with Crippen molar-refractivity contribution in [2.75, 3.05) is 30.6 Å². The van der Waals surface area contributed by atoms with E-state index in [9.17, 15) is 21.6 Å². The molecule has 0 saturated carbocycles. The monoisotopic (exact) mass is 541 g/mol. The number of esters is 1. The molecule has 0 bridgehead atoms. The van der Waals surface area contributed by atoms with Crippen molar-refractivity contribution in [2.45, 2.75) is 39.2 Å². The molecule has 0 atom stereocenters. The molecule has 0 saturated heterocycles. The molecule has 0 rings (SSSR count). The fraction of sp³-hybridized carbons (Fsp3) is 0.846. The van der Waals surface area contributed by atoms with Crippen LogP contribution in [0.25, 0.3) is 0 Å². The SMILES string of the molecule is CC(C)(C)OC(=O)CS(=O)(=O)NCCCCl.Cl.NCCCCl.O=C=NS(=O)(=O)Cl. The minimum atomic E-state index is -4.00. The molecule has 29 heavy (non-hydrogen) atoms. The standard InChI is InChI=1S/C9H18ClNO4S.C3H8ClN.CClNO3S.ClH/c1-9(2,3)15-8(12)7-16(13,14)11-6-4-5-10;4-2-1-3-5;2-7(5,6)3-1-4;/h11H,4-7H2,1-3H3;1-3,5H2;;1H. The van der Waals surface area contributed by atoms with Gasteiger partial charge >= 0.3 is 15.2 Å². The third-order valence-electron chi connectivity index (χ3n) is 1.84. The fourth-order valence-corrected chi connectivity index (χ4v) is 2.38. The van der Waals surface area contributed by atoms with Crippen molar-refractivity contribution in [1.29, 1.82) is 0 Å². The first kappa shape index (κ1) is 36.2. The minimum Gasteiger partial charge on any atom is -0.459 e. The average Bonchev–Trinajstić information content (AvgIpc) is 2.45. The van der Waals surface area contributed by atoms with Crippen LogP contribution in [0.15, 0.2) is 4.40 Å². The first-order chi connectivity index (χ1) is 12.6. The number of carbonyl (C=O) groups excluding carboxylic acids is 2. The largest absolute Gasteiger partial charge is 0.459 e. The Hall–Kier alpha value is -0.170. The van der Waals surface area contributed by atoms with Crippen molar-refractivity contribution in [1.82, 2.24) is 4.72 Å². The molecule has 0 radical (unpaired) electrons. The van der Waals surface area contributed by atoms with Crippen LogP contribution in [0.4, 0.5) is 0 Å². The predicted molar refractivity (Wildman–Crippen MR) is 118 cm³/mol. The van der Waals surface area contributed by atoms with E-state index >= 15 is 0 Å². The molecule has 0 unspecified atom stereocenters. The molecule has 0 aromatic carbocycles. The zero-order valence-electron chi connectivity index (χ0n) is 16.2. The second kappa shape index (κ2) is 19.8. The van der Waals surface area contributed by atoms with E-state index < -0.39 is 36.6 Å². The Kier molecular flexibility index (Phi) is 24.7. The summed E-state index contributed by atoms with van der Waals surface area (Å²) in [4.78, 5) is 20.3. The van der Waals surface area contributed by atoms with E-state index in [1.54, 1.807) is 20.8 Å². The van der Waals surface area contributed by atoms with Gasteiger partial charge in [0.05, 0.1) is 0 Å². The first-order valence-electron chi connectivity index (χ1n) is 7.69. The number of nitrogens with two attached hydrogens (primary N) is 1. The van der Waals surface area contributed by atoms with Crippen molar-refractivity contribution in [2.24, 2.45) is 10.1 Å². The summed E-state index contributed by atoms with van der Waals surface area (Å²) < 4.78 is 51.2. The quantitative estimate of drug-likeness (QED) is 0.111. The van der Waals surface area contributed by atoms with Gasteiger partial charge < -0.3 is 10.5 Å². The van der Waals surface area contributed by atoms with Crippen LogP contribution >= 0.6 is 46.3 Å². The molecule has 0 amide bonds. The predicted octanol–water partition coefficient (Wildman–Crippen LogP) is 1.68. The Bertz CT molecular complexity index is 675. The van der Waals surface area contributed by atoms with Gasteiger partial charge in [-0.25, -0.2) is 17.9 Å². The summed E-state index contributed by atoms with van der Waals surface area (Å²) in [6.07, 6.45) is 2.22. The van der Waals surface area contributed by atoms with Crippen LogP contribution in [0.1, 0.15) is 33.6 Å². The number of isocyanates is 1. The molecule has 0 heterocycles. The fourth-order valence-electron chi connectivity index (χ4n) is 0.993. The van der Waals surface area contributed by atoms with Crippen LogP contribution in [0.3, 0.4) is 0 Å². The van der Waals surface area contributed by atoms with Gasteiger partial charge in [-0.3, -0.25) is 4.79 Å². The van der Waals surface area contributed by atoms with Crippen LogP contribution in [-0.4, -0.2) is 65.1 Å². The number of ether oxygens (including phenoxy) is 1. The summed E-state index contributed by atoms with van der Waals surface area (Å²) in [5.74, 6) is -0.358. The summed E-state index contributed by atoms with van der Waals surface area (Å²) in [6, 6.07) is 0. The van der Waals surface area contributed by atoms with Crippen LogP contribution in [0.2, 0.25) is 0 Å². The third-order valence-corrected chi connectivity index (χ3v) is 4.14. The van der Waals surface area contributed by atoms with Gasteiger partial charge in [0.25, 0.3) is 6.08 Å². The minimum absolute atomic E-state index is 0. The lowest BCUT2D eigenvalue weighted by Gasteiger charge is -2.19. The van der Waals surface area contributed by atoms with Gasteiger partial charge in [-0.1, -0.05) is 4.40 Å². The van der Waals surface area contributed by atoms with Crippen LogP contribution < -0.4 is 10.5 Å².